The van der Waals surface area contributed by atoms with Crippen molar-refractivity contribution in [3.8, 4) is 0 Å². The normalized spacial score (nSPS) is 10.8. The zero-order valence-electron chi connectivity index (χ0n) is 11.6. The fourth-order valence-electron chi connectivity index (χ4n) is 2.21. The average molecular weight is 299 g/mol. The second kappa shape index (κ2) is 5.62. The highest BCUT2D eigenvalue weighted by Crippen LogP contribution is 2.19. The molecule has 0 spiro atoms. The number of carbonyl (C=O) groups excluding carboxylic acids is 1. The Morgan fingerprint density at radius 2 is 1.90 bits per heavy atom. The van der Waals surface area contributed by atoms with Crippen LogP contribution in [0.15, 0.2) is 48.5 Å². The molecule has 0 saturated heterocycles. The molecule has 1 amide bonds. The number of aromatic nitrogens is 1. The predicted molar refractivity (Wildman–Crippen MR) is 85.7 cm³/mol. The smallest absolute Gasteiger partial charge is 0.267 e. The lowest BCUT2D eigenvalue weighted by Crippen LogP contribution is -2.23. The van der Waals surface area contributed by atoms with Crippen molar-refractivity contribution in [2.45, 2.75) is 13.5 Å². The number of aromatic amines is 1. The minimum absolute atomic E-state index is 0.122. The lowest BCUT2D eigenvalue weighted by Gasteiger charge is -2.04. The summed E-state index contributed by atoms with van der Waals surface area (Å²) < 4.78 is 0. The van der Waals surface area contributed by atoms with Crippen molar-refractivity contribution < 1.29 is 4.79 Å². The summed E-state index contributed by atoms with van der Waals surface area (Å²) in [6.45, 7) is 2.55. The van der Waals surface area contributed by atoms with Crippen LogP contribution in [0.3, 0.4) is 0 Å². The van der Waals surface area contributed by atoms with Crippen molar-refractivity contribution in [1.29, 1.82) is 0 Å². The number of hydrogen-bond donors (Lipinski definition) is 2. The van der Waals surface area contributed by atoms with Crippen LogP contribution in [0.4, 0.5) is 0 Å². The van der Waals surface area contributed by atoms with Gasteiger partial charge in [0.15, 0.2) is 0 Å². The van der Waals surface area contributed by atoms with Crippen molar-refractivity contribution in [3.05, 3.63) is 70.4 Å². The molecule has 3 aromatic rings. The van der Waals surface area contributed by atoms with Gasteiger partial charge >= 0.3 is 0 Å². The first-order valence-electron chi connectivity index (χ1n) is 6.74. The number of halogens is 1. The third kappa shape index (κ3) is 3.09. The summed E-state index contributed by atoms with van der Waals surface area (Å²) in [5, 5.41) is 4.53. The molecular weight excluding hydrogens is 284 g/mol. The summed E-state index contributed by atoms with van der Waals surface area (Å²) in [7, 11) is 0. The Hall–Kier alpha value is -2.26. The Balaban J connectivity index is 1.73. The Morgan fingerprint density at radius 1 is 1.14 bits per heavy atom. The number of nitrogens with one attached hydrogen (secondary N) is 2. The van der Waals surface area contributed by atoms with E-state index in [1.165, 1.54) is 5.56 Å². The molecule has 4 heteroatoms. The van der Waals surface area contributed by atoms with Gasteiger partial charge in [0.25, 0.3) is 5.91 Å². The van der Waals surface area contributed by atoms with Crippen LogP contribution in [0, 0.1) is 6.92 Å². The molecule has 0 aliphatic rings. The molecule has 2 aromatic carbocycles. The standard InChI is InChI=1S/C17H15ClN2O/c1-11-2-4-12(5-3-11)10-19-17(21)16-8-13-6-7-14(18)9-15(13)20-16/h2-9,20H,10H2,1H3,(H,19,21). The highest BCUT2D eigenvalue weighted by molar-refractivity contribution is 6.31. The lowest BCUT2D eigenvalue weighted by molar-refractivity contribution is 0.0947. The first-order chi connectivity index (χ1) is 10.1. The van der Waals surface area contributed by atoms with E-state index in [4.69, 9.17) is 11.6 Å². The van der Waals surface area contributed by atoms with Crippen LogP contribution in [0.25, 0.3) is 10.9 Å². The molecule has 0 fully saturated rings. The zero-order chi connectivity index (χ0) is 14.8. The Labute approximate surface area is 127 Å². The summed E-state index contributed by atoms with van der Waals surface area (Å²) >= 11 is 5.94. The van der Waals surface area contributed by atoms with E-state index >= 15 is 0 Å². The van der Waals surface area contributed by atoms with Crippen LogP contribution in [-0.4, -0.2) is 10.9 Å². The molecule has 2 N–H and O–H groups in total. The monoisotopic (exact) mass is 298 g/mol. The Morgan fingerprint density at radius 3 is 2.67 bits per heavy atom. The molecule has 0 aliphatic carbocycles. The van der Waals surface area contributed by atoms with Crippen LogP contribution in [0.2, 0.25) is 5.02 Å². The largest absolute Gasteiger partial charge is 0.350 e. The third-order valence-electron chi connectivity index (χ3n) is 3.40. The number of benzene rings is 2. The first kappa shape index (κ1) is 13.7. The highest BCUT2D eigenvalue weighted by atomic mass is 35.5. The maximum absolute atomic E-state index is 12.2. The topological polar surface area (TPSA) is 44.9 Å². The van der Waals surface area contributed by atoms with Crippen LogP contribution in [-0.2, 0) is 6.54 Å². The van der Waals surface area contributed by atoms with Crippen molar-refractivity contribution in [1.82, 2.24) is 10.3 Å². The van der Waals surface area contributed by atoms with E-state index in [2.05, 4.69) is 10.3 Å². The second-order valence-corrected chi connectivity index (χ2v) is 5.52. The molecular formula is C17H15ClN2O. The molecule has 0 aliphatic heterocycles. The SMILES string of the molecule is Cc1ccc(CNC(=O)c2cc3ccc(Cl)cc3[nH]2)cc1. The van der Waals surface area contributed by atoms with E-state index < -0.39 is 0 Å². The summed E-state index contributed by atoms with van der Waals surface area (Å²) in [6.07, 6.45) is 0. The molecule has 0 bridgehead atoms. The average Bonchev–Trinajstić information content (AvgIpc) is 2.89. The van der Waals surface area contributed by atoms with Gasteiger partial charge in [-0.15, -0.1) is 0 Å². The van der Waals surface area contributed by atoms with E-state index in [0.717, 1.165) is 16.5 Å². The van der Waals surface area contributed by atoms with Gasteiger partial charge in [0, 0.05) is 22.5 Å². The zero-order valence-corrected chi connectivity index (χ0v) is 12.4. The predicted octanol–water partition coefficient (Wildman–Crippen LogP) is 4.06. The fraction of sp³-hybridized carbons (Fsp3) is 0.118. The molecule has 0 radical (unpaired) electrons. The summed E-state index contributed by atoms with van der Waals surface area (Å²) in [6, 6.07) is 15.4. The first-order valence-corrected chi connectivity index (χ1v) is 7.11. The van der Waals surface area contributed by atoms with Gasteiger partial charge in [-0.2, -0.15) is 0 Å². The number of H-pyrrole nitrogens is 1. The minimum Gasteiger partial charge on any atom is -0.350 e. The second-order valence-electron chi connectivity index (χ2n) is 5.08. The van der Waals surface area contributed by atoms with Crippen molar-refractivity contribution in [2.75, 3.05) is 0 Å². The van der Waals surface area contributed by atoms with E-state index in [1.807, 2.05) is 55.5 Å². The van der Waals surface area contributed by atoms with Gasteiger partial charge < -0.3 is 10.3 Å². The molecule has 21 heavy (non-hydrogen) atoms. The molecule has 0 unspecified atom stereocenters. The van der Waals surface area contributed by atoms with Gasteiger partial charge in [-0.1, -0.05) is 47.5 Å². The highest BCUT2D eigenvalue weighted by Gasteiger charge is 2.09. The lowest BCUT2D eigenvalue weighted by atomic mass is 10.1. The van der Waals surface area contributed by atoms with Crippen molar-refractivity contribution in [3.63, 3.8) is 0 Å². The third-order valence-corrected chi connectivity index (χ3v) is 3.64. The number of carbonyl (C=O) groups is 1. The van der Waals surface area contributed by atoms with Gasteiger partial charge in [0.2, 0.25) is 0 Å². The van der Waals surface area contributed by atoms with E-state index in [1.54, 1.807) is 0 Å². The Bertz CT molecular complexity index is 790. The van der Waals surface area contributed by atoms with Gasteiger partial charge in [-0.25, -0.2) is 0 Å². The maximum Gasteiger partial charge on any atom is 0.267 e. The van der Waals surface area contributed by atoms with Crippen LogP contribution in [0.5, 0.6) is 0 Å². The summed E-state index contributed by atoms with van der Waals surface area (Å²) in [4.78, 5) is 15.2. The molecule has 3 rings (SSSR count). The van der Waals surface area contributed by atoms with Crippen LogP contribution in [0.1, 0.15) is 21.6 Å². The molecule has 1 heterocycles. The van der Waals surface area contributed by atoms with Crippen LogP contribution < -0.4 is 5.32 Å². The van der Waals surface area contributed by atoms with Gasteiger partial charge in [-0.3, -0.25) is 4.79 Å². The fourth-order valence-corrected chi connectivity index (χ4v) is 2.38. The number of fused-ring (bicyclic) bond motifs is 1. The summed E-state index contributed by atoms with van der Waals surface area (Å²) in [5.41, 5.74) is 3.69. The van der Waals surface area contributed by atoms with Crippen molar-refractivity contribution >= 4 is 28.4 Å². The molecule has 0 atom stereocenters. The number of hydrogen-bond acceptors (Lipinski definition) is 1. The molecule has 3 nitrogen and oxygen atoms in total. The summed E-state index contributed by atoms with van der Waals surface area (Å²) in [5.74, 6) is -0.122. The molecule has 0 saturated carbocycles. The van der Waals surface area contributed by atoms with Gasteiger partial charge in [0.1, 0.15) is 5.69 Å². The molecule has 106 valence electrons. The number of aryl methyl sites for hydroxylation is 1. The van der Waals surface area contributed by atoms with Gasteiger partial charge in [0.05, 0.1) is 0 Å². The minimum atomic E-state index is -0.122. The maximum atomic E-state index is 12.2. The number of rotatable bonds is 3. The van der Waals surface area contributed by atoms with E-state index in [9.17, 15) is 4.79 Å². The molecule has 1 aromatic heterocycles. The Kier molecular flexibility index (Phi) is 3.67. The van der Waals surface area contributed by atoms with Gasteiger partial charge in [-0.05, 0) is 30.7 Å². The number of amides is 1. The van der Waals surface area contributed by atoms with Crippen molar-refractivity contribution in [2.24, 2.45) is 0 Å². The van der Waals surface area contributed by atoms with E-state index in [0.29, 0.717) is 17.3 Å². The quantitative estimate of drug-likeness (QED) is 0.752. The van der Waals surface area contributed by atoms with E-state index in [-0.39, 0.29) is 5.91 Å². The van der Waals surface area contributed by atoms with Crippen LogP contribution >= 0.6 is 11.6 Å².